The number of likely N-dealkylation sites (N-methyl/N-ethyl adjacent to an activating group) is 1. The molecule has 0 radical (unpaired) electrons. The molecule has 3 rings (SSSR count). The summed E-state index contributed by atoms with van der Waals surface area (Å²) in [7, 11) is -4.02. The van der Waals surface area contributed by atoms with Crippen LogP contribution in [0, 0.1) is 12.3 Å². The van der Waals surface area contributed by atoms with Crippen molar-refractivity contribution in [2.24, 2.45) is 4.99 Å². The van der Waals surface area contributed by atoms with Crippen molar-refractivity contribution < 1.29 is 22.2 Å². The van der Waals surface area contributed by atoms with Gasteiger partial charge in [-0.05, 0) is 51.7 Å². The summed E-state index contributed by atoms with van der Waals surface area (Å²) in [5.74, 6) is 0. The molecule has 2 aliphatic rings. The van der Waals surface area contributed by atoms with Gasteiger partial charge < -0.3 is 9.22 Å². The predicted molar refractivity (Wildman–Crippen MR) is 108 cm³/mol. The minimum atomic E-state index is -4.02. The number of rotatable bonds is 4. The Morgan fingerprint density at radius 1 is 1.25 bits per heavy atom. The van der Waals surface area contributed by atoms with Crippen molar-refractivity contribution in [3.63, 3.8) is 0 Å². The van der Waals surface area contributed by atoms with Gasteiger partial charge in [0.15, 0.2) is 0 Å². The lowest BCUT2D eigenvalue weighted by atomic mass is 9.91. The van der Waals surface area contributed by atoms with E-state index in [-0.39, 0.29) is 11.1 Å². The van der Waals surface area contributed by atoms with Gasteiger partial charge in [0.1, 0.15) is 13.1 Å². The van der Waals surface area contributed by atoms with Gasteiger partial charge in [-0.1, -0.05) is 24.1 Å². The molecule has 7 nitrogen and oxygen atoms in total. The second-order valence-electron chi connectivity index (χ2n) is 7.59. The Balaban J connectivity index is 0.000000221. The van der Waals surface area contributed by atoms with Crippen LogP contribution in [0.3, 0.4) is 0 Å². The predicted octanol–water partition coefficient (Wildman–Crippen LogP) is 3.51. The first kappa shape index (κ1) is 22.7. The smallest absolute Gasteiger partial charge is 0.294 e. The van der Waals surface area contributed by atoms with E-state index in [4.69, 9.17) is 14.7 Å². The lowest BCUT2D eigenvalue weighted by Crippen LogP contribution is -2.63. The summed E-state index contributed by atoms with van der Waals surface area (Å²) in [6.07, 6.45) is 6.74. The molecule has 0 amide bonds. The molecule has 0 aromatic heterocycles. The molecule has 1 aromatic carbocycles. The molecule has 1 saturated carbocycles. The Bertz CT molecular complexity index is 769. The van der Waals surface area contributed by atoms with Crippen LogP contribution in [-0.4, -0.2) is 62.0 Å². The number of benzene rings is 1. The second-order valence-corrected chi connectivity index (χ2v) is 9.01. The Hall–Kier alpha value is -1.57. The number of aryl methyl sites for hydroxylation is 1. The molecule has 0 spiro atoms. The van der Waals surface area contributed by atoms with Crippen molar-refractivity contribution in [3.8, 4) is 0 Å². The first-order valence-electron chi connectivity index (χ1n) is 9.94. The van der Waals surface area contributed by atoms with Crippen LogP contribution in [0.5, 0.6) is 0 Å². The molecule has 156 valence electrons. The van der Waals surface area contributed by atoms with Gasteiger partial charge in [0, 0.05) is 0 Å². The Kier molecular flexibility index (Phi) is 8.34. The fourth-order valence-corrected chi connectivity index (χ4v) is 4.67. The monoisotopic (exact) mass is 410 g/mol. The third kappa shape index (κ3) is 6.22. The van der Waals surface area contributed by atoms with Crippen molar-refractivity contribution in [3.05, 3.63) is 29.8 Å². The van der Waals surface area contributed by atoms with Gasteiger partial charge in [0.2, 0.25) is 6.23 Å². The van der Waals surface area contributed by atoms with Gasteiger partial charge in [-0.3, -0.25) is 4.55 Å². The van der Waals surface area contributed by atoms with Crippen molar-refractivity contribution >= 4 is 16.1 Å². The van der Waals surface area contributed by atoms with Gasteiger partial charge in [-0.2, -0.15) is 13.4 Å². The third-order valence-corrected chi connectivity index (χ3v) is 6.74. The average Bonchev–Trinajstić information content (AvgIpc) is 2.69. The summed E-state index contributed by atoms with van der Waals surface area (Å²) in [5.41, 5.74) is 0.956. The minimum Gasteiger partial charge on any atom is -0.345 e. The summed E-state index contributed by atoms with van der Waals surface area (Å²) < 4.78 is 36.3. The molecule has 28 heavy (non-hydrogen) atoms. The number of nitrogens with zero attached hydrogens (tertiary/aromatic N) is 2. The highest BCUT2D eigenvalue weighted by Crippen LogP contribution is 2.30. The van der Waals surface area contributed by atoms with Crippen LogP contribution in [0.15, 0.2) is 34.2 Å². The molecule has 0 unspecified atom stereocenters. The van der Waals surface area contributed by atoms with Crippen LogP contribution < -0.4 is 0 Å². The van der Waals surface area contributed by atoms with Crippen LogP contribution in [0.4, 0.5) is 0 Å². The maximum absolute atomic E-state index is 10.5. The van der Waals surface area contributed by atoms with Gasteiger partial charge in [-0.15, -0.1) is 0 Å². The summed E-state index contributed by atoms with van der Waals surface area (Å²) in [4.78, 5) is 3.93. The topological polar surface area (TPSA) is 99.8 Å². The number of quaternary nitrogens is 1. The van der Waals surface area contributed by atoms with Gasteiger partial charge in [-0.25, -0.2) is 5.41 Å². The van der Waals surface area contributed by atoms with E-state index in [1.807, 2.05) is 6.92 Å². The van der Waals surface area contributed by atoms with E-state index in [0.29, 0.717) is 0 Å². The highest BCUT2D eigenvalue weighted by Gasteiger charge is 2.41. The van der Waals surface area contributed by atoms with Crippen molar-refractivity contribution in [1.29, 1.82) is 5.41 Å². The van der Waals surface area contributed by atoms with Gasteiger partial charge in [0.25, 0.3) is 10.1 Å². The maximum Gasteiger partial charge on any atom is 0.294 e. The van der Waals surface area contributed by atoms with Crippen LogP contribution in [0.25, 0.3) is 0 Å². The van der Waals surface area contributed by atoms with Crippen LogP contribution in [0.2, 0.25) is 0 Å². The zero-order valence-electron chi connectivity index (χ0n) is 16.8. The Morgan fingerprint density at radius 2 is 1.89 bits per heavy atom. The summed E-state index contributed by atoms with van der Waals surface area (Å²) in [5, 5.41) is 6.97. The van der Waals surface area contributed by atoms with Gasteiger partial charge in [0.05, 0.1) is 30.1 Å². The molecular weight excluding hydrogens is 378 g/mol. The van der Waals surface area contributed by atoms with E-state index >= 15 is 0 Å². The number of hydrogen-bond acceptors (Lipinski definition) is 5. The summed E-state index contributed by atoms with van der Waals surface area (Å²) in [6, 6.07) is 8.92. The molecule has 1 saturated heterocycles. The maximum atomic E-state index is 10.5. The number of ether oxygens (including phenoxy) is 1. The second kappa shape index (κ2) is 10.3. The first-order chi connectivity index (χ1) is 13.3. The molecule has 1 heterocycles. The van der Waals surface area contributed by atoms with Crippen LogP contribution in [-0.2, 0) is 14.9 Å². The Morgan fingerprint density at radius 3 is 2.43 bits per heavy atom. The van der Waals surface area contributed by atoms with E-state index < -0.39 is 10.1 Å². The van der Waals surface area contributed by atoms with Gasteiger partial charge >= 0.3 is 0 Å². The molecule has 1 aromatic rings. The zero-order valence-corrected chi connectivity index (χ0v) is 17.6. The minimum absolute atomic E-state index is 0.0666. The standard InChI is InChI=1S/C13H24N3O.C7H8O3S/c1-2-16(12-6-4-3-5-7-12)8-9-17-13(10-16)15-11-14;1-6-2-4-7(5-3-6)11(8,9)10/h12-14H,2-10H2,1H3;2-5H,1H3,(H,8,9,10)/q+1;/t13-,16+;/m0./s1. The molecule has 0 bridgehead atoms. The summed E-state index contributed by atoms with van der Waals surface area (Å²) in [6.45, 7) is 8.12. The van der Waals surface area contributed by atoms with Crippen LogP contribution in [0.1, 0.15) is 44.6 Å². The molecule has 8 heteroatoms. The Labute approximate surface area is 168 Å². The average molecular weight is 411 g/mol. The molecule has 2 N–H and O–H groups in total. The normalized spacial score (nSPS) is 25.9. The number of nitrogens with one attached hydrogen (secondary N) is 1. The fourth-order valence-electron chi connectivity index (χ4n) is 4.19. The lowest BCUT2D eigenvalue weighted by molar-refractivity contribution is -0.960. The highest BCUT2D eigenvalue weighted by atomic mass is 32.2. The number of aliphatic imine (C=N–C) groups is 1. The van der Waals surface area contributed by atoms with E-state index in [2.05, 4.69) is 17.9 Å². The summed E-state index contributed by atoms with van der Waals surface area (Å²) >= 11 is 0. The molecule has 1 aliphatic heterocycles. The number of morpholine rings is 1. The van der Waals surface area contributed by atoms with E-state index in [0.717, 1.165) is 42.3 Å². The largest absolute Gasteiger partial charge is 0.345 e. The van der Waals surface area contributed by atoms with E-state index in [9.17, 15) is 8.42 Å². The molecule has 2 fully saturated rings. The van der Waals surface area contributed by atoms with Crippen molar-refractivity contribution in [2.45, 2.75) is 63.1 Å². The van der Waals surface area contributed by atoms with Crippen molar-refractivity contribution in [1.82, 2.24) is 0 Å². The third-order valence-electron chi connectivity index (χ3n) is 5.87. The zero-order chi connectivity index (χ0) is 20.6. The molecular formula is C20H32N3O4S+. The highest BCUT2D eigenvalue weighted by molar-refractivity contribution is 7.85. The quantitative estimate of drug-likeness (QED) is 0.451. The van der Waals surface area contributed by atoms with Crippen molar-refractivity contribution in [2.75, 3.05) is 26.2 Å². The van der Waals surface area contributed by atoms with E-state index in [1.165, 1.54) is 44.2 Å². The van der Waals surface area contributed by atoms with E-state index in [1.54, 1.807) is 12.1 Å². The number of hydrogen-bond donors (Lipinski definition) is 2. The fraction of sp³-hybridized carbons (Fsp3) is 0.650. The van der Waals surface area contributed by atoms with Crippen LogP contribution >= 0.6 is 0 Å². The first-order valence-corrected chi connectivity index (χ1v) is 11.4. The SMILES string of the molecule is CC[N@@+]1(C2CCCCC2)CCO[C@H](N=C=N)C1.Cc1ccc(S(=O)(=O)O)cc1. The molecule has 2 atom stereocenters. The molecule has 1 aliphatic carbocycles. The lowest BCUT2D eigenvalue weighted by Gasteiger charge is -2.49.